The van der Waals surface area contributed by atoms with E-state index in [0.717, 1.165) is 10.6 Å². The number of hydrogen-bond donors (Lipinski definition) is 1. The molecule has 3 rings (SSSR count). The summed E-state index contributed by atoms with van der Waals surface area (Å²) in [6.07, 6.45) is 0. The van der Waals surface area contributed by atoms with E-state index in [1.807, 2.05) is 13.8 Å². The first-order valence-corrected chi connectivity index (χ1v) is 8.12. The molecule has 2 heterocycles. The Bertz CT molecular complexity index is 859. The normalized spacial score (nSPS) is 13.2. The largest absolute Gasteiger partial charge is 0.482 e. The SMILES string of the molecule is Cc1nc(NC(=O)CN2C(=O)COc3ccc([N+](=O)[O-])cc32)sc1C. The number of nitro groups is 1. The first-order valence-electron chi connectivity index (χ1n) is 7.30. The minimum atomic E-state index is -0.571. The summed E-state index contributed by atoms with van der Waals surface area (Å²) in [6.45, 7) is 3.22. The Morgan fingerprint density at radius 1 is 1.48 bits per heavy atom. The van der Waals surface area contributed by atoms with Crippen molar-refractivity contribution in [1.29, 1.82) is 0 Å². The average molecular weight is 362 g/mol. The lowest BCUT2D eigenvalue weighted by atomic mass is 10.2. The Kier molecular flexibility index (Phi) is 4.36. The highest BCUT2D eigenvalue weighted by atomic mass is 32.1. The molecule has 0 unspecified atom stereocenters. The van der Waals surface area contributed by atoms with Crippen LogP contribution in [0.25, 0.3) is 0 Å². The van der Waals surface area contributed by atoms with E-state index in [2.05, 4.69) is 10.3 Å². The van der Waals surface area contributed by atoms with Gasteiger partial charge in [0.15, 0.2) is 11.7 Å². The van der Waals surface area contributed by atoms with E-state index in [1.54, 1.807) is 0 Å². The molecule has 0 atom stereocenters. The van der Waals surface area contributed by atoms with Crippen LogP contribution in [0.5, 0.6) is 5.75 Å². The molecule has 2 aromatic rings. The number of aryl methyl sites for hydroxylation is 2. The van der Waals surface area contributed by atoms with Crippen molar-refractivity contribution in [2.24, 2.45) is 0 Å². The predicted octanol–water partition coefficient (Wildman–Crippen LogP) is 2.03. The summed E-state index contributed by atoms with van der Waals surface area (Å²) >= 11 is 1.34. The van der Waals surface area contributed by atoms with Crippen molar-refractivity contribution in [1.82, 2.24) is 4.98 Å². The highest BCUT2D eigenvalue weighted by Gasteiger charge is 2.29. The van der Waals surface area contributed by atoms with Gasteiger partial charge in [0, 0.05) is 17.0 Å². The van der Waals surface area contributed by atoms with Crippen LogP contribution in [0.4, 0.5) is 16.5 Å². The van der Waals surface area contributed by atoms with Crippen LogP contribution < -0.4 is 15.0 Å². The summed E-state index contributed by atoms with van der Waals surface area (Å²) in [5.41, 5.74) is 0.837. The van der Waals surface area contributed by atoms with Gasteiger partial charge in [-0.25, -0.2) is 4.98 Å². The molecule has 25 heavy (non-hydrogen) atoms. The minimum absolute atomic E-state index is 0.186. The van der Waals surface area contributed by atoms with E-state index >= 15 is 0 Å². The van der Waals surface area contributed by atoms with E-state index in [0.29, 0.717) is 10.9 Å². The fourth-order valence-corrected chi connectivity index (χ4v) is 3.14. The highest BCUT2D eigenvalue weighted by Crippen LogP contribution is 2.35. The summed E-state index contributed by atoms with van der Waals surface area (Å²) in [4.78, 5) is 41.1. The second-order valence-electron chi connectivity index (χ2n) is 5.39. The van der Waals surface area contributed by atoms with Gasteiger partial charge < -0.3 is 10.1 Å². The number of nitrogens with one attached hydrogen (secondary N) is 1. The van der Waals surface area contributed by atoms with Crippen molar-refractivity contribution in [3.63, 3.8) is 0 Å². The molecular formula is C15H14N4O5S. The van der Waals surface area contributed by atoms with Crippen LogP contribution in [-0.4, -0.2) is 34.9 Å². The second kappa shape index (κ2) is 6.48. The van der Waals surface area contributed by atoms with Gasteiger partial charge in [-0.2, -0.15) is 0 Å². The number of hydrogen-bond acceptors (Lipinski definition) is 7. The van der Waals surface area contributed by atoms with Crippen LogP contribution in [0.3, 0.4) is 0 Å². The van der Waals surface area contributed by atoms with Crippen LogP contribution in [-0.2, 0) is 9.59 Å². The number of carbonyl (C=O) groups is 2. The molecule has 0 saturated carbocycles. The number of thiazole rings is 1. The molecule has 0 radical (unpaired) electrons. The molecule has 0 saturated heterocycles. The summed E-state index contributed by atoms with van der Waals surface area (Å²) < 4.78 is 5.26. The van der Waals surface area contributed by atoms with Gasteiger partial charge in [-0.1, -0.05) is 0 Å². The predicted molar refractivity (Wildman–Crippen MR) is 91.2 cm³/mol. The van der Waals surface area contributed by atoms with Crippen LogP contribution in [0.15, 0.2) is 18.2 Å². The molecule has 1 aromatic carbocycles. The van der Waals surface area contributed by atoms with Gasteiger partial charge in [-0.3, -0.25) is 24.6 Å². The number of ether oxygens (including phenoxy) is 1. The minimum Gasteiger partial charge on any atom is -0.482 e. The fraction of sp³-hybridized carbons (Fsp3) is 0.267. The van der Waals surface area contributed by atoms with Crippen molar-refractivity contribution >= 4 is 39.7 Å². The fourth-order valence-electron chi connectivity index (χ4n) is 2.31. The second-order valence-corrected chi connectivity index (χ2v) is 6.59. The molecule has 0 fully saturated rings. The van der Waals surface area contributed by atoms with E-state index < -0.39 is 16.7 Å². The molecule has 130 valence electrons. The number of amides is 2. The first kappa shape index (κ1) is 16.8. The Balaban J connectivity index is 1.82. The molecule has 1 aromatic heterocycles. The molecule has 1 aliphatic heterocycles. The molecule has 10 heteroatoms. The van der Waals surface area contributed by atoms with E-state index in [-0.39, 0.29) is 24.5 Å². The Morgan fingerprint density at radius 3 is 2.88 bits per heavy atom. The Labute approximate surface area is 146 Å². The van der Waals surface area contributed by atoms with Gasteiger partial charge >= 0.3 is 0 Å². The van der Waals surface area contributed by atoms with Gasteiger partial charge in [0.1, 0.15) is 12.3 Å². The van der Waals surface area contributed by atoms with Gasteiger partial charge in [-0.05, 0) is 19.9 Å². The number of aromatic nitrogens is 1. The van der Waals surface area contributed by atoms with E-state index in [9.17, 15) is 19.7 Å². The quantitative estimate of drug-likeness (QED) is 0.657. The summed E-state index contributed by atoms with van der Waals surface area (Å²) in [6, 6.07) is 3.92. The topological polar surface area (TPSA) is 115 Å². The van der Waals surface area contributed by atoms with Crippen LogP contribution >= 0.6 is 11.3 Å². The lowest BCUT2D eigenvalue weighted by Crippen LogP contribution is -2.43. The maximum absolute atomic E-state index is 12.3. The van der Waals surface area contributed by atoms with Crippen molar-refractivity contribution < 1.29 is 19.2 Å². The number of fused-ring (bicyclic) bond motifs is 1. The van der Waals surface area contributed by atoms with Gasteiger partial charge in [0.05, 0.1) is 16.3 Å². The van der Waals surface area contributed by atoms with Crippen LogP contribution in [0, 0.1) is 24.0 Å². The molecule has 0 spiro atoms. The zero-order valence-electron chi connectivity index (χ0n) is 13.4. The first-order chi connectivity index (χ1) is 11.8. The number of rotatable bonds is 4. The number of nitro benzene ring substituents is 1. The Morgan fingerprint density at radius 2 is 2.24 bits per heavy atom. The van der Waals surface area contributed by atoms with Crippen molar-refractivity contribution in [3.05, 3.63) is 38.9 Å². The maximum atomic E-state index is 12.3. The molecular weight excluding hydrogens is 348 g/mol. The standard InChI is InChI=1S/C15H14N4O5S/c1-8-9(2)25-15(16-8)17-13(20)6-18-11-5-10(19(22)23)3-4-12(11)24-7-14(18)21/h3-5H,6-7H2,1-2H3,(H,16,17,20). The van der Waals surface area contributed by atoms with Crippen molar-refractivity contribution in [3.8, 4) is 5.75 Å². The maximum Gasteiger partial charge on any atom is 0.271 e. The summed E-state index contributed by atoms with van der Waals surface area (Å²) in [5, 5.41) is 14.0. The number of benzene rings is 1. The third kappa shape index (κ3) is 3.43. The lowest BCUT2D eigenvalue weighted by Gasteiger charge is -2.28. The van der Waals surface area contributed by atoms with Crippen LogP contribution in [0.1, 0.15) is 10.6 Å². The number of carbonyl (C=O) groups excluding carboxylic acids is 2. The van der Waals surface area contributed by atoms with Crippen LogP contribution in [0.2, 0.25) is 0 Å². The summed E-state index contributed by atoms with van der Waals surface area (Å²) in [5.74, 6) is -0.574. The third-order valence-corrected chi connectivity index (χ3v) is 4.66. The zero-order valence-corrected chi connectivity index (χ0v) is 14.3. The lowest BCUT2D eigenvalue weighted by molar-refractivity contribution is -0.384. The smallest absolute Gasteiger partial charge is 0.271 e. The molecule has 0 bridgehead atoms. The monoisotopic (exact) mass is 362 g/mol. The van der Waals surface area contributed by atoms with E-state index in [1.165, 1.54) is 34.4 Å². The molecule has 9 nitrogen and oxygen atoms in total. The van der Waals surface area contributed by atoms with Gasteiger partial charge in [-0.15, -0.1) is 11.3 Å². The average Bonchev–Trinajstić information content (AvgIpc) is 2.87. The molecule has 2 amide bonds. The van der Waals surface area contributed by atoms with Crippen molar-refractivity contribution in [2.45, 2.75) is 13.8 Å². The third-order valence-electron chi connectivity index (χ3n) is 3.67. The Hall–Kier alpha value is -3.01. The number of non-ortho nitro benzene ring substituents is 1. The zero-order chi connectivity index (χ0) is 18.1. The highest BCUT2D eigenvalue weighted by molar-refractivity contribution is 7.15. The number of nitrogens with zero attached hydrogens (tertiary/aromatic N) is 3. The van der Waals surface area contributed by atoms with Gasteiger partial charge in [0.25, 0.3) is 11.6 Å². The number of anilines is 2. The molecule has 1 N–H and O–H groups in total. The molecule has 0 aliphatic carbocycles. The van der Waals surface area contributed by atoms with Gasteiger partial charge in [0.2, 0.25) is 5.91 Å². The van der Waals surface area contributed by atoms with Crippen molar-refractivity contribution in [2.75, 3.05) is 23.4 Å². The molecule has 1 aliphatic rings. The van der Waals surface area contributed by atoms with E-state index in [4.69, 9.17) is 4.74 Å². The summed E-state index contributed by atoms with van der Waals surface area (Å²) in [7, 11) is 0.